The van der Waals surface area contributed by atoms with Crippen LogP contribution >= 0.6 is 12.4 Å². The summed E-state index contributed by atoms with van der Waals surface area (Å²) in [5.41, 5.74) is 0.428. The minimum absolute atomic E-state index is 0. The van der Waals surface area contributed by atoms with E-state index in [0.29, 0.717) is 12.1 Å². The molecule has 0 spiro atoms. The second-order valence-corrected chi connectivity index (χ2v) is 3.76. The summed E-state index contributed by atoms with van der Waals surface area (Å²) in [6, 6.07) is 6.53. The van der Waals surface area contributed by atoms with Crippen molar-refractivity contribution in [1.29, 1.82) is 0 Å². The lowest BCUT2D eigenvalue weighted by molar-refractivity contribution is -0.120. The Morgan fingerprint density at radius 1 is 1.41 bits per heavy atom. The molecule has 17 heavy (non-hydrogen) atoms. The van der Waals surface area contributed by atoms with Gasteiger partial charge in [-0.1, -0.05) is 18.2 Å². The quantitative estimate of drug-likeness (QED) is 0.843. The maximum Gasteiger partial charge on any atom is 0.224 e. The molecule has 1 atom stereocenters. The van der Waals surface area contributed by atoms with E-state index in [4.69, 9.17) is 0 Å². The van der Waals surface area contributed by atoms with Gasteiger partial charge in [0.1, 0.15) is 5.82 Å². The summed E-state index contributed by atoms with van der Waals surface area (Å²) in [6.07, 6.45) is 0.0864. The lowest BCUT2D eigenvalue weighted by Gasteiger charge is -2.11. The molecule has 3 nitrogen and oxygen atoms in total. The number of halogens is 2. The average Bonchev–Trinajstić information content (AvgIpc) is 2.29. The maximum atomic E-state index is 13.2. The summed E-state index contributed by atoms with van der Waals surface area (Å²) in [4.78, 5) is 11.5. The minimum atomic E-state index is -0.334. The summed E-state index contributed by atoms with van der Waals surface area (Å²) in [7, 11) is 1.83. The highest BCUT2D eigenvalue weighted by Crippen LogP contribution is 2.06. The van der Waals surface area contributed by atoms with Crippen LogP contribution in [0.25, 0.3) is 0 Å². The summed E-state index contributed by atoms with van der Waals surface area (Å²) >= 11 is 0. The van der Waals surface area contributed by atoms with Gasteiger partial charge in [0.15, 0.2) is 0 Å². The van der Waals surface area contributed by atoms with Gasteiger partial charge < -0.3 is 10.6 Å². The molecule has 0 aliphatic heterocycles. The zero-order valence-corrected chi connectivity index (χ0v) is 10.8. The highest BCUT2D eigenvalue weighted by Gasteiger charge is 2.07. The van der Waals surface area contributed by atoms with Crippen molar-refractivity contribution in [3.63, 3.8) is 0 Å². The van der Waals surface area contributed by atoms with Crippen LogP contribution in [0.3, 0.4) is 0 Å². The van der Waals surface area contributed by atoms with Gasteiger partial charge in [-0.3, -0.25) is 4.79 Å². The number of amides is 1. The van der Waals surface area contributed by atoms with E-state index in [1.54, 1.807) is 18.2 Å². The van der Waals surface area contributed by atoms with Gasteiger partial charge in [-0.2, -0.15) is 0 Å². The van der Waals surface area contributed by atoms with Crippen LogP contribution in [0.5, 0.6) is 0 Å². The fourth-order valence-corrected chi connectivity index (χ4v) is 1.25. The first-order valence-corrected chi connectivity index (χ1v) is 5.31. The third-order valence-electron chi connectivity index (χ3n) is 2.41. The van der Waals surface area contributed by atoms with E-state index in [1.807, 2.05) is 14.0 Å². The molecule has 0 aromatic heterocycles. The van der Waals surface area contributed by atoms with E-state index >= 15 is 0 Å². The normalized spacial score (nSPS) is 11.5. The van der Waals surface area contributed by atoms with Crippen LogP contribution in [0.2, 0.25) is 0 Å². The molecular formula is C12H18ClFN2O. The molecule has 1 aromatic carbocycles. The van der Waals surface area contributed by atoms with Crippen LogP contribution in [0.4, 0.5) is 4.39 Å². The number of hydrogen-bond donors (Lipinski definition) is 2. The van der Waals surface area contributed by atoms with Crippen molar-refractivity contribution in [2.45, 2.75) is 19.4 Å². The molecule has 0 aliphatic carbocycles. The van der Waals surface area contributed by atoms with E-state index < -0.39 is 0 Å². The predicted molar refractivity (Wildman–Crippen MR) is 68.9 cm³/mol. The zero-order chi connectivity index (χ0) is 12.0. The molecule has 5 heteroatoms. The number of likely N-dealkylation sites (N-methyl/N-ethyl adjacent to an activating group) is 1. The smallest absolute Gasteiger partial charge is 0.224 e. The SMILES string of the molecule is CNC(C)CNC(=O)Cc1ccccc1F.Cl. The van der Waals surface area contributed by atoms with Crippen LogP contribution < -0.4 is 10.6 Å². The molecule has 1 aromatic rings. The Kier molecular flexibility index (Phi) is 7.50. The molecule has 0 bridgehead atoms. The summed E-state index contributed by atoms with van der Waals surface area (Å²) < 4.78 is 13.2. The predicted octanol–water partition coefficient (Wildman–Crippen LogP) is 1.51. The van der Waals surface area contributed by atoms with Crippen molar-refractivity contribution in [2.75, 3.05) is 13.6 Å². The standard InChI is InChI=1S/C12H17FN2O.ClH/c1-9(14-2)8-15-12(16)7-10-5-3-4-6-11(10)13;/h3-6,9,14H,7-8H2,1-2H3,(H,15,16);1H. The van der Waals surface area contributed by atoms with Crippen LogP contribution in [0, 0.1) is 5.82 Å². The van der Waals surface area contributed by atoms with Crippen LogP contribution in [0.15, 0.2) is 24.3 Å². The third-order valence-corrected chi connectivity index (χ3v) is 2.41. The lowest BCUT2D eigenvalue weighted by Crippen LogP contribution is -2.37. The van der Waals surface area contributed by atoms with Crippen molar-refractivity contribution in [1.82, 2.24) is 10.6 Å². The monoisotopic (exact) mass is 260 g/mol. The largest absolute Gasteiger partial charge is 0.354 e. The summed E-state index contributed by atoms with van der Waals surface area (Å²) in [5, 5.41) is 5.75. The molecule has 1 amide bonds. The first-order chi connectivity index (χ1) is 7.63. The summed E-state index contributed by atoms with van der Waals surface area (Å²) in [6.45, 7) is 2.51. The Morgan fingerprint density at radius 2 is 2.06 bits per heavy atom. The molecule has 0 heterocycles. The van der Waals surface area contributed by atoms with E-state index in [-0.39, 0.29) is 36.6 Å². The van der Waals surface area contributed by atoms with Gasteiger partial charge in [0.25, 0.3) is 0 Å². The first-order valence-electron chi connectivity index (χ1n) is 5.31. The van der Waals surface area contributed by atoms with Crippen molar-refractivity contribution in [3.05, 3.63) is 35.6 Å². The molecule has 0 saturated carbocycles. The molecule has 96 valence electrons. The van der Waals surface area contributed by atoms with Gasteiger partial charge in [-0.15, -0.1) is 12.4 Å². The lowest BCUT2D eigenvalue weighted by atomic mass is 10.1. The fraction of sp³-hybridized carbons (Fsp3) is 0.417. The van der Waals surface area contributed by atoms with Gasteiger partial charge in [-0.05, 0) is 25.6 Å². The van der Waals surface area contributed by atoms with Gasteiger partial charge in [0, 0.05) is 12.6 Å². The van der Waals surface area contributed by atoms with Crippen LogP contribution in [-0.2, 0) is 11.2 Å². The topological polar surface area (TPSA) is 41.1 Å². The molecular weight excluding hydrogens is 243 g/mol. The molecule has 2 N–H and O–H groups in total. The van der Waals surface area contributed by atoms with Crippen molar-refractivity contribution >= 4 is 18.3 Å². The second kappa shape index (κ2) is 8.03. The second-order valence-electron chi connectivity index (χ2n) is 3.76. The summed E-state index contributed by atoms with van der Waals surface area (Å²) in [5.74, 6) is -0.494. The number of hydrogen-bond acceptors (Lipinski definition) is 2. The van der Waals surface area contributed by atoms with Crippen molar-refractivity contribution in [3.8, 4) is 0 Å². The highest BCUT2D eigenvalue weighted by atomic mass is 35.5. The number of carbonyl (C=O) groups is 1. The van der Waals surface area contributed by atoms with Gasteiger partial charge >= 0.3 is 0 Å². The fourth-order valence-electron chi connectivity index (χ4n) is 1.25. The Morgan fingerprint density at radius 3 is 2.65 bits per heavy atom. The van der Waals surface area contributed by atoms with E-state index in [2.05, 4.69) is 10.6 Å². The third kappa shape index (κ3) is 5.65. The van der Waals surface area contributed by atoms with E-state index in [9.17, 15) is 9.18 Å². The molecule has 0 saturated heterocycles. The van der Waals surface area contributed by atoms with E-state index in [1.165, 1.54) is 6.07 Å². The maximum absolute atomic E-state index is 13.2. The number of nitrogens with one attached hydrogen (secondary N) is 2. The van der Waals surface area contributed by atoms with Crippen LogP contribution in [-0.4, -0.2) is 25.5 Å². The molecule has 0 radical (unpaired) electrons. The van der Waals surface area contributed by atoms with Crippen molar-refractivity contribution in [2.24, 2.45) is 0 Å². The van der Waals surface area contributed by atoms with Gasteiger partial charge in [0.05, 0.1) is 6.42 Å². The Bertz CT molecular complexity index is 360. The van der Waals surface area contributed by atoms with Gasteiger partial charge in [0.2, 0.25) is 5.91 Å². The molecule has 0 fully saturated rings. The zero-order valence-electron chi connectivity index (χ0n) is 10.00. The number of benzene rings is 1. The highest BCUT2D eigenvalue weighted by molar-refractivity contribution is 5.85. The molecule has 0 aliphatic rings. The minimum Gasteiger partial charge on any atom is -0.354 e. The average molecular weight is 261 g/mol. The Labute approximate surface area is 107 Å². The molecule has 1 unspecified atom stereocenters. The Balaban J connectivity index is 0.00000256. The van der Waals surface area contributed by atoms with E-state index in [0.717, 1.165) is 0 Å². The van der Waals surface area contributed by atoms with Crippen LogP contribution in [0.1, 0.15) is 12.5 Å². The molecule has 1 rings (SSSR count). The Hall–Kier alpha value is -1.13. The van der Waals surface area contributed by atoms with Gasteiger partial charge in [-0.25, -0.2) is 4.39 Å². The number of carbonyl (C=O) groups excluding carboxylic acids is 1. The van der Waals surface area contributed by atoms with Crippen molar-refractivity contribution < 1.29 is 9.18 Å². The first kappa shape index (κ1) is 15.9. The number of rotatable bonds is 5.